The molecule has 0 spiro atoms. The number of carbonyl (C=O) groups is 2. The quantitative estimate of drug-likeness (QED) is 0.677. The maximum atomic E-state index is 13.1. The van der Waals surface area contributed by atoms with Crippen molar-refractivity contribution in [1.29, 1.82) is 0 Å². The Morgan fingerprint density at radius 1 is 1.26 bits per heavy atom. The molecule has 1 amide bonds. The van der Waals surface area contributed by atoms with E-state index in [1.54, 1.807) is 17.2 Å². The number of fused-ring (bicyclic) bond motifs is 3. The Morgan fingerprint density at radius 3 is 2.94 bits per heavy atom. The summed E-state index contributed by atoms with van der Waals surface area (Å²) in [5, 5.41) is 0.787. The Morgan fingerprint density at radius 2 is 2.10 bits per heavy atom. The second-order valence-corrected chi connectivity index (χ2v) is 7.25. The molecule has 4 heterocycles. The van der Waals surface area contributed by atoms with Crippen molar-refractivity contribution in [3.05, 3.63) is 64.2 Å². The topological polar surface area (TPSA) is 104 Å². The van der Waals surface area contributed by atoms with Crippen LogP contribution in [-0.2, 0) is 16.1 Å². The molecule has 2 aromatic heterocycles. The zero-order valence-corrected chi connectivity index (χ0v) is 16.7. The number of benzene rings is 1. The first-order valence-electron chi connectivity index (χ1n) is 9.79. The monoisotopic (exact) mass is 424 g/mol. The van der Waals surface area contributed by atoms with E-state index in [4.69, 9.17) is 14.2 Å². The second-order valence-electron chi connectivity index (χ2n) is 7.25. The molecule has 1 saturated heterocycles. The van der Waals surface area contributed by atoms with E-state index in [-0.39, 0.29) is 30.1 Å². The fraction of sp³-hybridized carbons (Fsp3) is 0.286. The van der Waals surface area contributed by atoms with Crippen molar-refractivity contribution >= 4 is 22.9 Å². The summed E-state index contributed by atoms with van der Waals surface area (Å²) in [4.78, 5) is 39.5. The highest BCUT2D eigenvalue weighted by molar-refractivity contribution is 5.96. The summed E-state index contributed by atoms with van der Waals surface area (Å²) < 4.78 is 19.0. The van der Waals surface area contributed by atoms with Gasteiger partial charge in [0.1, 0.15) is 12.8 Å². The Labute approximate surface area is 176 Å². The van der Waals surface area contributed by atoms with Crippen LogP contribution in [-0.4, -0.2) is 59.2 Å². The van der Waals surface area contributed by atoms with Gasteiger partial charge in [-0.3, -0.25) is 18.8 Å². The second kappa shape index (κ2) is 7.47. The van der Waals surface area contributed by atoms with Crippen molar-refractivity contribution in [2.45, 2.75) is 12.8 Å². The highest BCUT2D eigenvalue weighted by Crippen LogP contribution is 2.26. The van der Waals surface area contributed by atoms with Crippen LogP contribution < -0.4 is 15.6 Å². The number of amides is 1. The van der Waals surface area contributed by atoms with Gasteiger partial charge in [-0.05, 0) is 6.07 Å². The number of hydrogen-bond acceptors (Lipinski definition) is 7. The zero-order chi connectivity index (χ0) is 21.5. The van der Waals surface area contributed by atoms with Gasteiger partial charge in [-0.2, -0.15) is 0 Å². The lowest BCUT2D eigenvalue weighted by Crippen LogP contribution is -2.59. The average molecular weight is 424 g/mol. The summed E-state index contributed by atoms with van der Waals surface area (Å²) >= 11 is 0. The molecule has 3 aromatic rings. The van der Waals surface area contributed by atoms with Crippen LogP contribution in [0.15, 0.2) is 47.5 Å². The Balaban J connectivity index is 1.51. The number of nitrogens with zero attached hydrogens (tertiary/aromatic N) is 3. The Bertz CT molecular complexity index is 1250. The van der Waals surface area contributed by atoms with Crippen molar-refractivity contribution in [3.63, 3.8) is 0 Å². The minimum absolute atomic E-state index is 0.00339. The van der Waals surface area contributed by atoms with Crippen molar-refractivity contribution in [2.75, 3.05) is 32.3 Å². The molecule has 2 aliphatic rings. The smallest absolute Gasteiger partial charge is 0.418 e. The van der Waals surface area contributed by atoms with Gasteiger partial charge in [-0.1, -0.05) is 18.2 Å². The van der Waals surface area contributed by atoms with Gasteiger partial charge < -0.3 is 24.5 Å². The standard InChI is InChI=1S/C21H20N4O6/c1-29-21(28)24-10-13(14-4-2-3-5-15(14)24)11-31-19-16(26)6-7-25-18(19)20(27)23-8-9-30-12-17(23)22-25/h2-7,10,17,22H,8-9,11-12H2,1H3/t17-/m0/s1. The molecule has 10 nitrogen and oxygen atoms in total. The third-order valence-electron chi connectivity index (χ3n) is 5.47. The maximum Gasteiger partial charge on any atom is 0.418 e. The molecule has 2 aliphatic heterocycles. The first-order chi connectivity index (χ1) is 15.1. The highest BCUT2D eigenvalue weighted by Gasteiger charge is 2.37. The third kappa shape index (κ3) is 3.12. The van der Waals surface area contributed by atoms with Crippen molar-refractivity contribution in [3.8, 4) is 5.75 Å². The number of para-hydroxylation sites is 1. The summed E-state index contributed by atoms with van der Waals surface area (Å²) in [5.41, 5.74) is 4.25. The summed E-state index contributed by atoms with van der Waals surface area (Å²) in [7, 11) is 1.31. The molecular weight excluding hydrogens is 404 g/mol. The van der Waals surface area contributed by atoms with Gasteiger partial charge >= 0.3 is 6.09 Å². The normalized spacial score (nSPS) is 17.6. The number of hydrogen-bond donors (Lipinski definition) is 1. The number of methoxy groups -OCH3 is 1. The molecule has 160 valence electrons. The van der Waals surface area contributed by atoms with Gasteiger partial charge in [0.25, 0.3) is 5.91 Å². The van der Waals surface area contributed by atoms with Gasteiger partial charge in [-0.15, -0.1) is 0 Å². The van der Waals surface area contributed by atoms with Gasteiger partial charge in [0.15, 0.2) is 11.4 Å². The predicted octanol–water partition coefficient (Wildman–Crippen LogP) is 1.35. The van der Waals surface area contributed by atoms with Gasteiger partial charge in [0.2, 0.25) is 5.43 Å². The van der Waals surface area contributed by atoms with Gasteiger partial charge in [0.05, 0.1) is 25.8 Å². The number of rotatable bonds is 3. The molecule has 0 unspecified atom stereocenters. The van der Waals surface area contributed by atoms with E-state index < -0.39 is 11.5 Å². The molecule has 0 aliphatic carbocycles. The van der Waals surface area contributed by atoms with Crippen molar-refractivity contribution in [1.82, 2.24) is 14.1 Å². The van der Waals surface area contributed by atoms with E-state index in [2.05, 4.69) is 5.43 Å². The molecule has 5 rings (SSSR count). The molecule has 1 atom stereocenters. The maximum absolute atomic E-state index is 13.1. The molecule has 31 heavy (non-hydrogen) atoms. The van der Waals surface area contributed by atoms with E-state index >= 15 is 0 Å². The third-order valence-corrected chi connectivity index (χ3v) is 5.47. The number of aromatic nitrogens is 2. The van der Waals surface area contributed by atoms with Crippen LogP contribution in [0, 0.1) is 0 Å². The summed E-state index contributed by atoms with van der Waals surface area (Å²) in [6, 6.07) is 8.65. The van der Waals surface area contributed by atoms with E-state index in [9.17, 15) is 14.4 Å². The van der Waals surface area contributed by atoms with E-state index in [0.29, 0.717) is 30.8 Å². The van der Waals surface area contributed by atoms with E-state index in [0.717, 1.165) is 5.39 Å². The van der Waals surface area contributed by atoms with Gasteiger partial charge in [0, 0.05) is 36.0 Å². The fourth-order valence-electron chi connectivity index (χ4n) is 3.98. The van der Waals surface area contributed by atoms with Crippen LogP contribution in [0.2, 0.25) is 0 Å². The van der Waals surface area contributed by atoms with Crippen molar-refractivity contribution < 1.29 is 23.8 Å². The van der Waals surface area contributed by atoms with Crippen LogP contribution in [0.5, 0.6) is 5.75 Å². The summed E-state index contributed by atoms with van der Waals surface area (Å²) in [5.74, 6) is -0.337. The number of pyridine rings is 1. The van der Waals surface area contributed by atoms with Crippen LogP contribution in [0.3, 0.4) is 0 Å². The largest absolute Gasteiger partial charge is 0.482 e. The zero-order valence-electron chi connectivity index (χ0n) is 16.7. The highest BCUT2D eigenvalue weighted by atomic mass is 16.5. The molecule has 1 fully saturated rings. The summed E-state index contributed by atoms with van der Waals surface area (Å²) in [6.07, 6.45) is 2.29. The first-order valence-corrected chi connectivity index (χ1v) is 9.79. The fourth-order valence-corrected chi connectivity index (χ4v) is 3.98. The van der Waals surface area contributed by atoms with Crippen LogP contribution in [0.4, 0.5) is 4.79 Å². The number of nitrogens with one attached hydrogen (secondary N) is 1. The SMILES string of the molecule is COC(=O)n1cc(COc2c3n(ccc2=O)N[C@@H]2COCCN2C3=O)c2ccccc21. The molecule has 1 N–H and O–H groups in total. The minimum Gasteiger partial charge on any atom is -0.482 e. The van der Waals surface area contributed by atoms with Crippen LogP contribution in [0.1, 0.15) is 16.1 Å². The van der Waals surface area contributed by atoms with Crippen LogP contribution >= 0.6 is 0 Å². The van der Waals surface area contributed by atoms with Crippen LogP contribution in [0.25, 0.3) is 10.9 Å². The van der Waals surface area contributed by atoms with E-state index in [1.165, 1.54) is 28.6 Å². The Kier molecular flexibility index (Phi) is 4.63. The average Bonchev–Trinajstić information content (AvgIpc) is 3.17. The number of carbonyl (C=O) groups excluding carboxylic acids is 2. The molecule has 0 radical (unpaired) electrons. The molecule has 0 saturated carbocycles. The minimum atomic E-state index is -0.530. The lowest BCUT2D eigenvalue weighted by atomic mass is 10.2. The van der Waals surface area contributed by atoms with Crippen molar-refractivity contribution in [2.24, 2.45) is 0 Å². The van der Waals surface area contributed by atoms with E-state index in [1.807, 2.05) is 18.2 Å². The Hall–Kier alpha value is -3.79. The molecule has 10 heteroatoms. The molecule has 0 bridgehead atoms. The number of morpholine rings is 1. The molecular formula is C21H20N4O6. The predicted molar refractivity (Wildman–Crippen MR) is 110 cm³/mol. The lowest BCUT2D eigenvalue weighted by Gasteiger charge is -2.41. The molecule has 1 aromatic carbocycles. The lowest BCUT2D eigenvalue weighted by molar-refractivity contribution is -0.00326. The number of ether oxygens (including phenoxy) is 3. The first kappa shape index (κ1) is 19.2. The van der Waals surface area contributed by atoms with Gasteiger partial charge in [-0.25, -0.2) is 4.79 Å². The summed E-state index contributed by atoms with van der Waals surface area (Å²) in [6.45, 7) is 1.22.